The Morgan fingerprint density at radius 2 is 2.00 bits per heavy atom. The van der Waals surface area contributed by atoms with Crippen molar-refractivity contribution >= 4 is 30.2 Å². The molecule has 0 aromatic heterocycles. The summed E-state index contributed by atoms with van der Waals surface area (Å²) in [5, 5.41) is 18.7. The van der Waals surface area contributed by atoms with E-state index in [-0.39, 0.29) is 0 Å². The van der Waals surface area contributed by atoms with Gasteiger partial charge in [0.2, 0.25) is 6.54 Å². The number of halogens is 1. The summed E-state index contributed by atoms with van der Waals surface area (Å²) in [6.45, 7) is -0.484. The van der Waals surface area contributed by atoms with Crippen LogP contribution in [0, 0.1) is 10.1 Å². The average Bonchev–Trinajstić information content (AvgIpc) is 2.26. The molecule has 0 bridgehead atoms. The van der Waals surface area contributed by atoms with Gasteiger partial charge in [-0.1, -0.05) is 23.7 Å². The van der Waals surface area contributed by atoms with E-state index < -0.39 is 28.6 Å². The van der Waals surface area contributed by atoms with Crippen LogP contribution in [0.3, 0.4) is 0 Å². The smallest absolute Gasteiger partial charge is 0.317 e. The van der Waals surface area contributed by atoms with Crippen LogP contribution in [0.5, 0.6) is 0 Å². The number of thiol groups is 1. The van der Waals surface area contributed by atoms with Gasteiger partial charge in [-0.15, -0.1) is 0 Å². The second kappa shape index (κ2) is 5.88. The summed E-state index contributed by atoms with van der Waals surface area (Å²) in [6.07, 6.45) is 0. The number of carboxylic acid groups (broad SMARTS) is 1. The average molecular weight is 276 g/mol. The molecule has 5 nitrogen and oxygen atoms in total. The van der Waals surface area contributed by atoms with E-state index in [2.05, 4.69) is 12.6 Å². The van der Waals surface area contributed by atoms with Gasteiger partial charge in [0.05, 0.1) is 5.92 Å². The van der Waals surface area contributed by atoms with Gasteiger partial charge in [-0.05, 0) is 17.7 Å². The van der Waals surface area contributed by atoms with E-state index in [0.29, 0.717) is 10.6 Å². The predicted molar refractivity (Wildman–Crippen MR) is 66.5 cm³/mol. The molecule has 0 radical (unpaired) electrons. The third-order valence-corrected chi connectivity index (χ3v) is 3.11. The maximum atomic E-state index is 10.8. The maximum Gasteiger partial charge on any atom is 0.317 e. The lowest BCUT2D eigenvalue weighted by molar-refractivity contribution is -0.483. The molecule has 0 unspecified atom stereocenters. The van der Waals surface area contributed by atoms with Crippen molar-refractivity contribution in [3.63, 3.8) is 0 Å². The minimum absolute atomic E-state index is 0.484. The van der Waals surface area contributed by atoms with Gasteiger partial charge in [0, 0.05) is 9.95 Å². The van der Waals surface area contributed by atoms with E-state index in [0.717, 1.165) is 0 Å². The van der Waals surface area contributed by atoms with E-state index in [1.165, 1.54) is 0 Å². The third-order valence-electron chi connectivity index (χ3n) is 2.28. The summed E-state index contributed by atoms with van der Waals surface area (Å²) < 4.78 is 0. The standard InChI is InChI=1S/C10H10ClNO4S/c11-7-3-1-6(2-4-7)8(5-12(15)16)9(17)10(13)14/h1-4,8-9,17H,5H2,(H,13,14)/t8-,9+/m1/s1. The zero-order valence-corrected chi connectivity index (χ0v) is 10.3. The lowest BCUT2D eigenvalue weighted by atomic mass is 9.95. The lowest BCUT2D eigenvalue weighted by Crippen LogP contribution is -2.28. The highest BCUT2D eigenvalue weighted by molar-refractivity contribution is 7.81. The molecule has 0 saturated heterocycles. The van der Waals surface area contributed by atoms with Gasteiger partial charge in [-0.3, -0.25) is 14.9 Å². The summed E-state index contributed by atoms with van der Waals surface area (Å²) in [6, 6.07) is 6.27. The van der Waals surface area contributed by atoms with Crippen LogP contribution in [0.15, 0.2) is 24.3 Å². The fourth-order valence-electron chi connectivity index (χ4n) is 1.43. The van der Waals surface area contributed by atoms with Crippen molar-refractivity contribution in [1.29, 1.82) is 0 Å². The molecule has 0 aliphatic rings. The first kappa shape index (κ1) is 13.8. The molecule has 2 atom stereocenters. The SMILES string of the molecule is O=C(O)[C@@H](S)[C@H](C[N+](=O)[O-])c1ccc(Cl)cc1. The van der Waals surface area contributed by atoms with Gasteiger partial charge in [0.25, 0.3) is 0 Å². The van der Waals surface area contributed by atoms with Crippen molar-refractivity contribution < 1.29 is 14.8 Å². The molecule has 0 aliphatic heterocycles. The molecule has 1 aromatic carbocycles. The topological polar surface area (TPSA) is 80.4 Å². The molecule has 0 spiro atoms. The van der Waals surface area contributed by atoms with E-state index in [9.17, 15) is 14.9 Å². The Bertz CT molecular complexity index is 423. The van der Waals surface area contributed by atoms with Crippen LogP contribution in [-0.4, -0.2) is 27.8 Å². The van der Waals surface area contributed by atoms with Crippen molar-refractivity contribution in [2.24, 2.45) is 0 Å². The number of nitro groups is 1. The number of nitrogens with zero attached hydrogens (tertiary/aromatic N) is 1. The van der Waals surface area contributed by atoms with Crippen molar-refractivity contribution in [3.8, 4) is 0 Å². The van der Waals surface area contributed by atoms with E-state index in [1.54, 1.807) is 24.3 Å². The third kappa shape index (κ3) is 3.90. The first-order valence-corrected chi connectivity index (χ1v) is 5.59. The van der Waals surface area contributed by atoms with E-state index in [1.807, 2.05) is 0 Å². The number of hydrogen-bond donors (Lipinski definition) is 2. The fraction of sp³-hybridized carbons (Fsp3) is 0.300. The minimum Gasteiger partial charge on any atom is -0.480 e. The quantitative estimate of drug-likeness (QED) is 0.490. The summed E-state index contributed by atoms with van der Waals surface area (Å²) in [5.41, 5.74) is 0.536. The van der Waals surface area contributed by atoms with Gasteiger partial charge in [0.1, 0.15) is 5.25 Å². The number of rotatable bonds is 5. The van der Waals surface area contributed by atoms with Crippen molar-refractivity contribution in [1.82, 2.24) is 0 Å². The molecular formula is C10H10ClNO4S. The van der Waals surface area contributed by atoms with Crippen LogP contribution in [0.25, 0.3) is 0 Å². The van der Waals surface area contributed by atoms with Crippen molar-refractivity contribution in [2.75, 3.05) is 6.54 Å². The molecule has 0 amide bonds. The molecule has 0 aliphatic carbocycles. The van der Waals surface area contributed by atoms with Gasteiger partial charge in [-0.25, -0.2) is 0 Å². The highest BCUT2D eigenvalue weighted by Gasteiger charge is 2.30. The lowest BCUT2D eigenvalue weighted by Gasteiger charge is -2.16. The molecule has 1 N–H and O–H groups in total. The summed E-state index contributed by atoms with van der Waals surface area (Å²) >= 11 is 9.59. The van der Waals surface area contributed by atoms with Crippen LogP contribution in [0.4, 0.5) is 0 Å². The van der Waals surface area contributed by atoms with E-state index >= 15 is 0 Å². The molecule has 17 heavy (non-hydrogen) atoms. The zero-order valence-electron chi connectivity index (χ0n) is 8.62. The van der Waals surface area contributed by atoms with Gasteiger partial charge < -0.3 is 5.11 Å². The summed E-state index contributed by atoms with van der Waals surface area (Å²) in [4.78, 5) is 20.8. The van der Waals surface area contributed by atoms with Crippen molar-refractivity contribution in [3.05, 3.63) is 45.0 Å². The van der Waals surface area contributed by atoms with Gasteiger partial charge in [0.15, 0.2) is 0 Å². The summed E-state index contributed by atoms with van der Waals surface area (Å²) in [5.74, 6) is -1.97. The van der Waals surface area contributed by atoms with Gasteiger partial charge in [-0.2, -0.15) is 12.6 Å². The normalized spacial score (nSPS) is 14.0. The number of benzene rings is 1. The number of carboxylic acids is 1. The Labute approximate surface area is 108 Å². The second-order valence-electron chi connectivity index (χ2n) is 3.46. The molecule has 92 valence electrons. The number of hydrogen-bond acceptors (Lipinski definition) is 4. The predicted octanol–water partition coefficient (Wildman–Crippen LogP) is 2.08. The monoisotopic (exact) mass is 275 g/mol. The van der Waals surface area contributed by atoms with Crippen LogP contribution in [0.1, 0.15) is 11.5 Å². The Hall–Kier alpha value is -1.27. The Morgan fingerprint density at radius 1 is 1.47 bits per heavy atom. The number of aliphatic carboxylic acids is 1. The molecule has 1 aromatic rings. The second-order valence-corrected chi connectivity index (χ2v) is 4.45. The van der Waals surface area contributed by atoms with Crippen molar-refractivity contribution in [2.45, 2.75) is 11.2 Å². The zero-order chi connectivity index (χ0) is 13.0. The molecular weight excluding hydrogens is 266 g/mol. The Balaban J connectivity index is 3.01. The molecule has 1 rings (SSSR count). The molecule has 0 saturated carbocycles. The number of carbonyl (C=O) groups is 1. The molecule has 0 fully saturated rings. The Morgan fingerprint density at radius 3 is 2.41 bits per heavy atom. The minimum atomic E-state index is -1.19. The largest absolute Gasteiger partial charge is 0.480 e. The van der Waals surface area contributed by atoms with Crippen LogP contribution in [0.2, 0.25) is 5.02 Å². The molecule has 7 heteroatoms. The summed E-state index contributed by atoms with van der Waals surface area (Å²) in [7, 11) is 0. The molecule has 0 heterocycles. The van der Waals surface area contributed by atoms with E-state index in [4.69, 9.17) is 16.7 Å². The highest BCUT2D eigenvalue weighted by atomic mass is 35.5. The maximum absolute atomic E-state index is 10.8. The van der Waals surface area contributed by atoms with Gasteiger partial charge >= 0.3 is 5.97 Å². The van der Waals surface area contributed by atoms with Crippen LogP contribution >= 0.6 is 24.2 Å². The Kier molecular flexibility index (Phi) is 4.77. The fourth-order valence-corrected chi connectivity index (χ4v) is 1.82. The van der Waals surface area contributed by atoms with Crippen LogP contribution < -0.4 is 0 Å². The highest BCUT2D eigenvalue weighted by Crippen LogP contribution is 2.25. The van der Waals surface area contributed by atoms with Crippen LogP contribution in [-0.2, 0) is 4.79 Å². The first-order chi connectivity index (χ1) is 7.91. The first-order valence-electron chi connectivity index (χ1n) is 4.70.